The number of hydrogen-bond acceptors (Lipinski definition) is 5. The van der Waals surface area contributed by atoms with Crippen molar-refractivity contribution >= 4 is 17.3 Å². The molecule has 4 rings (SSSR count). The summed E-state index contributed by atoms with van der Waals surface area (Å²) in [4.78, 5) is 40.8. The minimum absolute atomic E-state index is 0.271. The van der Waals surface area contributed by atoms with E-state index in [-0.39, 0.29) is 23.8 Å². The van der Waals surface area contributed by atoms with Gasteiger partial charge in [-0.05, 0) is 31.5 Å². The van der Waals surface area contributed by atoms with Crippen LogP contribution in [-0.2, 0) is 4.79 Å². The highest BCUT2D eigenvalue weighted by Gasteiger charge is 2.55. The summed E-state index contributed by atoms with van der Waals surface area (Å²) in [5, 5.41) is 11.4. The molecule has 174 valence electrons. The van der Waals surface area contributed by atoms with E-state index in [1.54, 1.807) is 78.9 Å². The predicted octanol–water partition coefficient (Wildman–Crippen LogP) is 4.89. The zero-order valence-electron chi connectivity index (χ0n) is 19.3. The Morgan fingerprint density at radius 2 is 1.41 bits per heavy atom. The maximum absolute atomic E-state index is 13.8. The standard InChI is InChI=1S/C29H28O5/c1-3-34-22-16-14-19(15-17-22)24-25(27(31)20-10-6-4-7-11-20)23(30)18-29(2,33)26(24)28(32)21-12-8-5-9-13-21/h4-17,24-26,33H,3,18H2,1-2H3/t24-,25-,26-,29-/m1/s1. The van der Waals surface area contributed by atoms with Crippen LogP contribution in [0.3, 0.4) is 0 Å². The van der Waals surface area contributed by atoms with Crippen molar-refractivity contribution in [2.45, 2.75) is 31.8 Å². The van der Waals surface area contributed by atoms with Gasteiger partial charge >= 0.3 is 0 Å². The average Bonchev–Trinajstić information content (AvgIpc) is 2.84. The molecule has 1 saturated carbocycles. The SMILES string of the molecule is CCOc1ccc([C@@H]2[C@H](C(=O)c3ccccc3)C(=O)C[C@@](C)(O)[C@H]2C(=O)c2ccccc2)cc1. The van der Waals surface area contributed by atoms with E-state index in [0.29, 0.717) is 29.0 Å². The first kappa shape index (κ1) is 23.6. The topological polar surface area (TPSA) is 80.7 Å². The number of ether oxygens (including phenoxy) is 1. The minimum atomic E-state index is -1.61. The third-order valence-corrected chi connectivity index (χ3v) is 6.52. The molecule has 5 heteroatoms. The lowest BCUT2D eigenvalue weighted by Crippen LogP contribution is -2.54. The van der Waals surface area contributed by atoms with Crippen LogP contribution in [0.5, 0.6) is 5.75 Å². The van der Waals surface area contributed by atoms with E-state index in [4.69, 9.17) is 4.74 Å². The molecule has 0 bridgehead atoms. The van der Waals surface area contributed by atoms with E-state index in [1.807, 2.05) is 13.0 Å². The van der Waals surface area contributed by atoms with E-state index >= 15 is 0 Å². The van der Waals surface area contributed by atoms with Crippen molar-refractivity contribution in [2.24, 2.45) is 11.8 Å². The molecule has 5 nitrogen and oxygen atoms in total. The van der Waals surface area contributed by atoms with Crippen LogP contribution in [0.15, 0.2) is 84.9 Å². The van der Waals surface area contributed by atoms with Gasteiger partial charge in [-0.25, -0.2) is 0 Å². The summed E-state index contributed by atoms with van der Waals surface area (Å²) in [7, 11) is 0. The second kappa shape index (κ2) is 9.74. The fourth-order valence-corrected chi connectivity index (χ4v) is 5.01. The predicted molar refractivity (Wildman–Crippen MR) is 129 cm³/mol. The fourth-order valence-electron chi connectivity index (χ4n) is 5.01. The Kier molecular flexibility index (Phi) is 6.75. The summed E-state index contributed by atoms with van der Waals surface area (Å²) in [5.41, 5.74) is -0.130. The largest absolute Gasteiger partial charge is 0.494 e. The van der Waals surface area contributed by atoms with Crippen LogP contribution in [0.25, 0.3) is 0 Å². The van der Waals surface area contributed by atoms with Crippen LogP contribution in [0.1, 0.15) is 52.5 Å². The molecule has 0 amide bonds. The molecule has 0 heterocycles. The number of aliphatic hydroxyl groups is 1. The molecule has 0 radical (unpaired) electrons. The van der Waals surface area contributed by atoms with Gasteiger partial charge < -0.3 is 9.84 Å². The van der Waals surface area contributed by atoms with E-state index in [9.17, 15) is 19.5 Å². The summed E-state index contributed by atoms with van der Waals surface area (Å²) in [6, 6.07) is 24.4. The molecular weight excluding hydrogens is 428 g/mol. The van der Waals surface area contributed by atoms with Crippen molar-refractivity contribution in [3.8, 4) is 5.75 Å². The normalized spacial score (nSPS) is 24.4. The third kappa shape index (κ3) is 4.57. The lowest BCUT2D eigenvalue weighted by atomic mass is 9.58. The number of rotatable bonds is 7. The Morgan fingerprint density at radius 3 is 1.94 bits per heavy atom. The highest BCUT2D eigenvalue weighted by molar-refractivity contribution is 6.13. The molecule has 34 heavy (non-hydrogen) atoms. The van der Waals surface area contributed by atoms with Gasteiger partial charge in [0.1, 0.15) is 11.5 Å². The smallest absolute Gasteiger partial charge is 0.173 e. The summed E-state index contributed by atoms with van der Waals surface area (Å²) in [6.45, 7) is 3.90. The first-order valence-corrected chi connectivity index (χ1v) is 11.5. The number of Topliss-reactive ketones (excluding diaryl/α,β-unsaturated/α-hetero) is 3. The Hall–Kier alpha value is -3.57. The molecule has 0 aromatic heterocycles. The third-order valence-electron chi connectivity index (χ3n) is 6.52. The molecule has 0 unspecified atom stereocenters. The van der Waals surface area contributed by atoms with E-state index in [2.05, 4.69) is 0 Å². The number of hydrogen-bond donors (Lipinski definition) is 1. The lowest BCUT2D eigenvalue weighted by Gasteiger charge is -2.45. The number of ketones is 3. The van der Waals surface area contributed by atoms with Crippen LogP contribution in [0, 0.1) is 11.8 Å². The average molecular weight is 457 g/mol. The van der Waals surface area contributed by atoms with Crippen molar-refractivity contribution in [3.05, 3.63) is 102 Å². The monoisotopic (exact) mass is 456 g/mol. The van der Waals surface area contributed by atoms with Gasteiger partial charge in [0.2, 0.25) is 0 Å². The van der Waals surface area contributed by atoms with Crippen molar-refractivity contribution < 1.29 is 24.2 Å². The summed E-state index contributed by atoms with van der Waals surface area (Å²) < 4.78 is 5.55. The van der Waals surface area contributed by atoms with Crippen LogP contribution < -0.4 is 4.74 Å². The zero-order valence-corrected chi connectivity index (χ0v) is 19.3. The van der Waals surface area contributed by atoms with Crippen molar-refractivity contribution in [2.75, 3.05) is 6.61 Å². The van der Waals surface area contributed by atoms with Gasteiger partial charge in [-0.15, -0.1) is 0 Å². The summed E-state index contributed by atoms with van der Waals surface area (Å²) >= 11 is 0. The first-order valence-electron chi connectivity index (χ1n) is 11.5. The molecule has 3 aromatic carbocycles. The Balaban J connectivity index is 1.86. The quantitative estimate of drug-likeness (QED) is 0.404. The van der Waals surface area contributed by atoms with Gasteiger partial charge in [-0.2, -0.15) is 0 Å². The second-order valence-corrected chi connectivity index (χ2v) is 8.94. The number of benzene rings is 3. The molecule has 0 saturated heterocycles. The molecule has 1 fully saturated rings. The van der Waals surface area contributed by atoms with Crippen molar-refractivity contribution in [1.82, 2.24) is 0 Å². The Morgan fingerprint density at radius 1 is 0.882 bits per heavy atom. The highest BCUT2D eigenvalue weighted by atomic mass is 16.5. The van der Waals surface area contributed by atoms with Crippen molar-refractivity contribution in [1.29, 1.82) is 0 Å². The van der Waals surface area contributed by atoms with E-state index < -0.39 is 23.4 Å². The first-order chi connectivity index (χ1) is 16.3. The van der Waals surface area contributed by atoms with Gasteiger partial charge in [0.25, 0.3) is 0 Å². The fraction of sp³-hybridized carbons (Fsp3) is 0.276. The van der Waals surface area contributed by atoms with Crippen LogP contribution >= 0.6 is 0 Å². The van der Waals surface area contributed by atoms with Gasteiger partial charge in [-0.1, -0.05) is 72.8 Å². The molecule has 3 aromatic rings. The maximum Gasteiger partial charge on any atom is 0.173 e. The molecular formula is C29H28O5. The number of carbonyl (C=O) groups excluding carboxylic acids is 3. The van der Waals surface area contributed by atoms with Crippen LogP contribution in [0.2, 0.25) is 0 Å². The molecule has 0 spiro atoms. The van der Waals surface area contributed by atoms with E-state index in [0.717, 1.165) is 0 Å². The maximum atomic E-state index is 13.8. The van der Waals surface area contributed by atoms with Crippen molar-refractivity contribution in [3.63, 3.8) is 0 Å². The Labute approximate surface area is 199 Å². The van der Waals surface area contributed by atoms with Gasteiger partial charge in [0, 0.05) is 23.5 Å². The minimum Gasteiger partial charge on any atom is -0.494 e. The Bertz CT molecular complexity index is 1170. The lowest BCUT2D eigenvalue weighted by molar-refractivity contribution is -0.134. The molecule has 4 atom stereocenters. The molecule has 0 aliphatic heterocycles. The molecule has 1 aliphatic rings. The molecule has 1 N–H and O–H groups in total. The highest BCUT2D eigenvalue weighted by Crippen LogP contribution is 2.48. The van der Waals surface area contributed by atoms with Crippen LogP contribution in [0.4, 0.5) is 0 Å². The van der Waals surface area contributed by atoms with Gasteiger partial charge in [0.05, 0.1) is 24.0 Å². The summed E-state index contributed by atoms with van der Waals surface area (Å²) in [6.07, 6.45) is -0.271. The van der Waals surface area contributed by atoms with Crippen LogP contribution in [-0.4, -0.2) is 34.7 Å². The van der Waals surface area contributed by atoms with E-state index in [1.165, 1.54) is 6.92 Å². The zero-order chi connectivity index (χ0) is 24.3. The molecule has 1 aliphatic carbocycles. The van der Waals surface area contributed by atoms with Gasteiger partial charge in [0.15, 0.2) is 11.6 Å². The second-order valence-electron chi connectivity index (χ2n) is 8.94. The number of carbonyl (C=O) groups is 3. The summed E-state index contributed by atoms with van der Waals surface area (Å²) in [5.74, 6) is -3.24. The van der Waals surface area contributed by atoms with Gasteiger partial charge in [-0.3, -0.25) is 14.4 Å².